The molecule has 3 rings (SSSR count). The van der Waals surface area contributed by atoms with Gasteiger partial charge in [0.15, 0.2) is 5.13 Å². The van der Waals surface area contributed by atoms with E-state index in [1.165, 1.54) is 11.3 Å². The van der Waals surface area contributed by atoms with Gasteiger partial charge in [0.1, 0.15) is 0 Å². The summed E-state index contributed by atoms with van der Waals surface area (Å²) >= 11 is 1.51. The van der Waals surface area contributed by atoms with Crippen LogP contribution in [-0.4, -0.2) is 24.1 Å². The number of benzene rings is 1. The number of carbonyl (C=O) groups is 1. The van der Waals surface area contributed by atoms with Crippen LogP contribution in [0.2, 0.25) is 0 Å². The van der Waals surface area contributed by atoms with Crippen molar-refractivity contribution in [2.24, 2.45) is 5.92 Å². The fourth-order valence-corrected chi connectivity index (χ4v) is 3.31. The maximum absolute atomic E-state index is 12.9. The summed E-state index contributed by atoms with van der Waals surface area (Å²) in [6.45, 7) is 3.27. The Bertz CT molecular complexity index is 606. The molecule has 0 radical (unpaired) electrons. The molecule has 1 aromatic heterocycles. The van der Waals surface area contributed by atoms with Gasteiger partial charge in [-0.05, 0) is 31.9 Å². The van der Waals surface area contributed by atoms with Crippen LogP contribution in [0.25, 0.3) is 0 Å². The molecule has 2 heterocycles. The Kier molecular flexibility index (Phi) is 4.31. The van der Waals surface area contributed by atoms with Gasteiger partial charge in [-0.1, -0.05) is 18.2 Å². The third kappa shape index (κ3) is 3.14. The number of anilines is 2. The third-order valence-electron chi connectivity index (χ3n) is 3.60. The monoisotopic (exact) mass is 302 g/mol. The average molecular weight is 302 g/mol. The standard InChI is InChI=1S/C16H18N2O2S/c1-12-11-21-16(17-12)18(14-5-3-2-4-6-14)15(19)13-7-9-20-10-8-13/h2-6,11,13H,7-10H2,1H3. The maximum atomic E-state index is 12.9. The smallest absolute Gasteiger partial charge is 0.236 e. The van der Waals surface area contributed by atoms with E-state index in [1.807, 2.05) is 42.6 Å². The van der Waals surface area contributed by atoms with Crippen molar-refractivity contribution in [3.05, 3.63) is 41.4 Å². The summed E-state index contributed by atoms with van der Waals surface area (Å²) in [4.78, 5) is 19.2. The van der Waals surface area contributed by atoms with Crippen LogP contribution in [0.4, 0.5) is 10.8 Å². The molecule has 0 spiro atoms. The lowest BCUT2D eigenvalue weighted by atomic mass is 9.98. The first-order valence-corrected chi connectivity index (χ1v) is 8.02. The fraction of sp³-hybridized carbons (Fsp3) is 0.375. The summed E-state index contributed by atoms with van der Waals surface area (Å²) < 4.78 is 5.36. The summed E-state index contributed by atoms with van der Waals surface area (Å²) in [5.41, 5.74) is 1.82. The van der Waals surface area contributed by atoms with Crippen LogP contribution in [0.5, 0.6) is 0 Å². The van der Waals surface area contributed by atoms with E-state index in [4.69, 9.17) is 4.74 Å². The predicted molar refractivity (Wildman–Crippen MR) is 84.0 cm³/mol. The van der Waals surface area contributed by atoms with E-state index in [1.54, 1.807) is 4.90 Å². The van der Waals surface area contributed by atoms with E-state index in [0.717, 1.165) is 29.4 Å². The molecule has 1 aliphatic rings. The largest absolute Gasteiger partial charge is 0.381 e. The number of amides is 1. The zero-order valence-corrected chi connectivity index (χ0v) is 12.8. The molecule has 1 amide bonds. The maximum Gasteiger partial charge on any atom is 0.236 e. The second-order valence-corrected chi connectivity index (χ2v) is 6.00. The Balaban J connectivity index is 1.94. The molecule has 0 atom stereocenters. The van der Waals surface area contributed by atoms with E-state index in [0.29, 0.717) is 13.2 Å². The minimum atomic E-state index is 0.0168. The molecular weight excluding hydrogens is 284 g/mol. The first-order chi connectivity index (χ1) is 10.3. The number of rotatable bonds is 3. The Hall–Kier alpha value is -1.72. The molecule has 0 unspecified atom stereocenters. The zero-order chi connectivity index (χ0) is 14.7. The minimum absolute atomic E-state index is 0.0168. The topological polar surface area (TPSA) is 42.4 Å². The number of aryl methyl sites for hydroxylation is 1. The predicted octanol–water partition coefficient (Wildman–Crippen LogP) is 3.54. The number of hydrogen-bond acceptors (Lipinski definition) is 4. The van der Waals surface area contributed by atoms with E-state index in [2.05, 4.69) is 4.98 Å². The van der Waals surface area contributed by atoms with Gasteiger partial charge in [0.2, 0.25) is 5.91 Å². The zero-order valence-electron chi connectivity index (χ0n) is 12.0. The third-order valence-corrected chi connectivity index (χ3v) is 4.55. The molecule has 0 saturated carbocycles. The van der Waals surface area contributed by atoms with Gasteiger partial charge in [-0.25, -0.2) is 4.98 Å². The minimum Gasteiger partial charge on any atom is -0.381 e. The lowest BCUT2D eigenvalue weighted by Gasteiger charge is -2.27. The number of nitrogens with zero attached hydrogens (tertiary/aromatic N) is 2. The van der Waals surface area contributed by atoms with Crippen LogP contribution < -0.4 is 4.90 Å². The van der Waals surface area contributed by atoms with Crippen LogP contribution in [0.3, 0.4) is 0 Å². The SMILES string of the molecule is Cc1csc(N(C(=O)C2CCOCC2)c2ccccc2)n1. The molecule has 0 aliphatic carbocycles. The molecule has 0 N–H and O–H groups in total. The van der Waals surface area contributed by atoms with Crippen LogP contribution in [0.1, 0.15) is 18.5 Å². The van der Waals surface area contributed by atoms with Crippen molar-refractivity contribution in [1.29, 1.82) is 0 Å². The van der Waals surface area contributed by atoms with Crippen molar-refractivity contribution in [2.75, 3.05) is 18.1 Å². The highest BCUT2D eigenvalue weighted by atomic mass is 32.1. The molecule has 5 heteroatoms. The van der Waals surface area contributed by atoms with Crippen molar-refractivity contribution in [3.8, 4) is 0 Å². The number of carbonyl (C=O) groups excluding carboxylic acids is 1. The molecule has 1 fully saturated rings. The molecule has 0 bridgehead atoms. The van der Waals surface area contributed by atoms with Crippen LogP contribution in [0.15, 0.2) is 35.7 Å². The first-order valence-electron chi connectivity index (χ1n) is 7.14. The molecular formula is C16H18N2O2S. The summed E-state index contributed by atoms with van der Waals surface area (Å²) in [6, 6.07) is 9.75. The van der Waals surface area contributed by atoms with E-state index >= 15 is 0 Å². The van der Waals surface area contributed by atoms with Crippen LogP contribution in [0, 0.1) is 12.8 Å². The molecule has 1 saturated heterocycles. The van der Waals surface area contributed by atoms with E-state index in [9.17, 15) is 4.79 Å². The van der Waals surface area contributed by atoms with E-state index in [-0.39, 0.29) is 11.8 Å². The second kappa shape index (κ2) is 6.37. The number of para-hydroxylation sites is 1. The molecule has 21 heavy (non-hydrogen) atoms. The Morgan fingerprint density at radius 2 is 2.00 bits per heavy atom. The van der Waals surface area contributed by atoms with Gasteiger partial charge in [-0.3, -0.25) is 9.69 Å². The molecule has 110 valence electrons. The average Bonchev–Trinajstić information content (AvgIpc) is 2.95. The van der Waals surface area contributed by atoms with Gasteiger partial charge in [-0.15, -0.1) is 11.3 Å². The quantitative estimate of drug-likeness (QED) is 0.871. The van der Waals surface area contributed by atoms with Gasteiger partial charge >= 0.3 is 0 Å². The summed E-state index contributed by atoms with van der Waals surface area (Å²) in [5, 5.41) is 2.72. The summed E-state index contributed by atoms with van der Waals surface area (Å²) in [7, 11) is 0. The Morgan fingerprint density at radius 1 is 1.29 bits per heavy atom. The highest BCUT2D eigenvalue weighted by Crippen LogP contribution is 2.32. The van der Waals surface area contributed by atoms with Crippen molar-refractivity contribution in [1.82, 2.24) is 4.98 Å². The number of hydrogen-bond donors (Lipinski definition) is 0. The number of ether oxygens (including phenoxy) is 1. The Morgan fingerprint density at radius 3 is 2.62 bits per heavy atom. The van der Waals surface area contributed by atoms with Gasteiger partial charge in [0, 0.05) is 24.5 Å². The van der Waals surface area contributed by atoms with Crippen molar-refractivity contribution < 1.29 is 9.53 Å². The highest BCUT2D eigenvalue weighted by molar-refractivity contribution is 7.14. The number of aromatic nitrogens is 1. The van der Waals surface area contributed by atoms with Gasteiger partial charge < -0.3 is 4.74 Å². The highest BCUT2D eigenvalue weighted by Gasteiger charge is 2.29. The van der Waals surface area contributed by atoms with Crippen LogP contribution in [-0.2, 0) is 9.53 Å². The van der Waals surface area contributed by atoms with Gasteiger partial charge in [0.05, 0.1) is 11.4 Å². The second-order valence-electron chi connectivity index (χ2n) is 5.17. The molecule has 1 aromatic carbocycles. The normalized spacial score (nSPS) is 15.9. The molecule has 1 aliphatic heterocycles. The molecule has 2 aromatic rings. The number of thiazole rings is 1. The summed E-state index contributed by atoms with van der Waals surface area (Å²) in [5.74, 6) is 0.141. The Labute approximate surface area is 128 Å². The van der Waals surface area contributed by atoms with Crippen LogP contribution >= 0.6 is 11.3 Å². The van der Waals surface area contributed by atoms with Crippen molar-refractivity contribution >= 4 is 28.1 Å². The van der Waals surface area contributed by atoms with Crippen molar-refractivity contribution in [2.45, 2.75) is 19.8 Å². The lowest BCUT2D eigenvalue weighted by Crippen LogP contribution is -2.35. The van der Waals surface area contributed by atoms with Gasteiger partial charge in [-0.2, -0.15) is 0 Å². The van der Waals surface area contributed by atoms with Gasteiger partial charge in [0.25, 0.3) is 0 Å². The fourth-order valence-electron chi connectivity index (χ4n) is 2.48. The van der Waals surface area contributed by atoms with Crippen molar-refractivity contribution in [3.63, 3.8) is 0 Å². The lowest BCUT2D eigenvalue weighted by molar-refractivity contribution is -0.124. The summed E-state index contributed by atoms with van der Waals surface area (Å²) in [6.07, 6.45) is 1.57. The van der Waals surface area contributed by atoms with E-state index < -0.39 is 0 Å². The molecule has 4 nitrogen and oxygen atoms in total. The first kappa shape index (κ1) is 14.2.